The van der Waals surface area contributed by atoms with Gasteiger partial charge in [0.2, 0.25) is 11.6 Å². The van der Waals surface area contributed by atoms with Crippen LogP contribution >= 0.6 is 0 Å². The van der Waals surface area contributed by atoms with Crippen molar-refractivity contribution >= 4 is 17.1 Å². The van der Waals surface area contributed by atoms with Gasteiger partial charge in [-0.2, -0.15) is 0 Å². The van der Waals surface area contributed by atoms with Gasteiger partial charge in [0.25, 0.3) is 0 Å². The van der Waals surface area contributed by atoms with Gasteiger partial charge in [-0.25, -0.2) is 14.8 Å². The molecule has 3 aromatic heterocycles. The average molecular weight is 476 g/mol. The number of carbonyl (C=O) groups is 1. The predicted molar refractivity (Wildman–Crippen MR) is 132 cm³/mol. The number of benzene rings is 1. The number of nitrogens with zero attached hydrogens (tertiary/aromatic N) is 3. The number of aromatic nitrogens is 3. The molecule has 4 rings (SSSR count). The first-order valence-corrected chi connectivity index (χ1v) is 11.7. The van der Waals surface area contributed by atoms with Gasteiger partial charge in [0, 0.05) is 17.7 Å². The van der Waals surface area contributed by atoms with Gasteiger partial charge in [0.05, 0.1) is 31.1 Å². The molecule has 0 saturated carbocycles. The van der Waals surface area contributed by atoms with E-state index in [0.717, 1.165) is 28.8 Å². The van der Waals surface area contributed by atoms with Crippen LogP contribution in [0.15, 0.2) is 59.4 Å². The van der Waals surface area contributed by atoms with Crippen LogP contribution in [0.2, 0.25) is 0 Å². The Hall–Kier alpha value is -3.78. The van der Waals surface area contributed by atoms with Gasteiger partial charge in [-0.15, -0.1) is 0 Å². The summed E-state index contributed by atoms with van der Waals surface area (Å²) >= 11 is 0. The van der Waals surface area contributed by atoms with Crippen molar-refractivity contribution in [3.8, 4) is 28.5 Å². The molecule has 0 bridgehead atoms. The van der Waals surface area contributed by atoms with Gasteiger partial charge in [0.1, 0.15) is 24.1 Å². The van der Waals surface area contributed by atoms with Gasteiger partial charge in [-0.1, -0.05) is 50.2 Å². The molecule has 8 heteroatoms. The maximum absolute atomic E-state index is 11.5. The number of rotatable bonds is 11. The largest absolute Gasteiger partial charge is 0.477 e. The van der Waals surface area contributed by atoms with Crippen molar-refractivity contribution in [2.75, 3.05) is 26.4 Å². The van der Waals surface area contributed by atoms with Crippen LogP contribution in [0.5, 0.6) is 5.88 Å². The summed E-state index contributed by atoms with van der Waals surface area (Å²) in [4.78, 5) is 24.9. The number of carbonyl (C=O) groups excluding carboxylic acids is 1. The molecule has 0 aliphatic heterocycles. The Morgan fingerprint density at radius 1 is 1.03 bits per heavy atom. The van der Waals surface area contributed by atoms with Crippen molar-refractivity contribution in [2.24, 2.45) is 5.92 Å². The van der Waals surface area contributed by atoms with Gasteiger partial charge in [0.15, 0.2) is 0 Å². The van der Waals surface area contributed by atoms with Gasteiger partial charge >= 0.3 is 5.97 Å². The van der Waals surface area contributed by atoms with Crippen LogP contribution in [0.4, 0.5) is 0 Å². The normalized spacial score (nSPS) is 12.0. The summed E-state index contributed by atoms with van der Waals surface area (Å²) in [6, 6.07) is 13.9. The highest BCUT2D eigenvalue weighted by molar-refractivity contribution is 6.02. The van der Waals surface area contributed by atoms with Crippen LogP contribution in [0, 0.1) is 5.92 Å². The first kappa shape index (κ1) is 24.3. The van der Waals surface area contributed by atoms with Crippen LogP contribution in [0.25, 0.3) is 33.7 Å². The topological polar surface area (TPSA) is 96.6 Å². The van der Waals surface area contributed by atoms with E-state index in [1.54, 1.807) is 6.92 Å². The molecule has 0 spiro atoms. The Balaban J connectivity index is 1.63. The maximum atomic E-state index is 11.5. The molecule has 3 heterocycles. The first-order valence-electron chi connectivity index (χ1n) is 11.7. The number of pyridine rings is 1. The maximum Gasteiger partial charge on any atom is 0.332 e. The lowest BCUT2D eigenvalue weighted by atomic mass is 10.0. The first-order chi connectivity index (χ1) is 17.1. The molecular formula is C27H29N3O5. The molecule has 4 aromatic rings. The van der Waals surface area contributed by atoms with Crippen LogP contribution in [-0.4, -0.2) is 47.3 Å². The van der Waals surface area contributed by atoms with E-state index in [2.05, 4.69) is 23.0 Å². The fraction of sp³-hybridized carbons (Fsp3) is 0.333. The van der Waals surface area contributed by atoms with Crippen LogP contribution in [0.3, 0.4) is 0 Å². The number of hydrogen-bond acceptors (Lipinski definition) is 8. The summed E-state index contributed by atoms with van der Waals surface area (Å²) in [5, 5.41) is 0.669. The smallest absolute Gasteiger partial charge is 0.332 e. The minimum Gasteiger partial charge on any atom is -0.477 e. The Labute approximate surface area is 204 Å². The SMILES string of the molecule is CCOC(=O)COC[C@@H](C)COc1ncnc2oc(-c3ccccc3)c(-c3ccc(CC)cn3)c12. The minimum atomic E-state index is -0.379. The van der Waals surface area contributed by atoms with Gasteiger partial charge in [-0.3, -0.25) is 4.98 Å². The zero-order valence-corrected chi connectivity index (χ0v) is 20.2. The molecule has 0 amide bonds. The van der Waals surface area contributed by atoms with E-state index in [1.807, 2.05) is 49.5 Å². The van der Waals surface area contributed by atoms with Crippen LogP contribution in [-0.2, 0) is 20.7 Å². The third-order valence-corrected chi connectivity index (χ3v) is 5.41. The molecular weight excluding hydrogens is 446 g/mol. The Kier molecular flexibility index (Phi) is 8.05. The second-order valence-electron chi connectivity index (χ2n) is 8.17. The Morgan fingerprint density at radius 2 is 1.86 bits per heavy atom. The van der Waals surface area contributed by atoms with Crippen molar-refractivity contribution in [3.05, 3.63) is 60.6 Å². The monoisotopic (exact) mass is 475 g/mol. The summed E-state index contributed by atoms with van der Waals surface area (Å²) in [6.45, 7) is 6.76. The quantitative estimate of drug-likeness (QED) is 0.276. The fourth-order valence-corrected chi connectivity index (χ4v) is 3.65. The fourth-order valence-electron chi connectivity index (χ4n) is 3.65. The highest BCUT2D eigenvalue weighted by Gasteiger charge is 2.24. The molecule has 0 unspecified atom stereocenters. The number of hydrogen-bond donors (Lipinski definition) is 0. The van der Waals surface area contributed by atoms with Gasteiger partial charge < -0.3 is 18.6 Å². The molecule has 0 radical (unpaired) electrons. The molecule has 0 N–H and O–H groups in total. The highest BCUT2D eigenvalue weighted by Crippen LogP contribution is 2.42. The molecule has 1 aromatic carbocycles. The summed E-state index contributed by atoms with van der Waals surface area (Å²) in [5.74, 6) is 0.708. The van der Waals surface area contributed by atoms with E-state index in [4.69, 9.17) is 23.6 Å². The summed E-state index contributed by atoms with van der Waals surface area (Å²) in [5.41, 5.74) is 4.03. The van der Waals surface area contributed by atoms with E-state index >= 15 is 0 Å². The third-order valence-electron chi connectivity index (χ3n) is 5.41. The lowest BCUT2D eigenvalue weighted by Gasteiger charge is -2.13. The molecule has 0 aliphatic carbocycles. The molecule has 8 nitrogen and oxygen atoms in total. The van der Waals surface area contributed by atoms with E-state index in [-0.39, 0.29) is 18.5 Å². The average Bonchev–Trinajstić information content (AvgIpc) is 3.28. The van der Waals surface area contributed by atoms with Crippen LogP contribution < -0.4 is 4.74 Å². The predicted octanol–water partition coefficient (Wildman–Crippen LogP) is 5.11. The Morgan fingerprint density at radius 3 is 2.57 bits per heavy atom. The zero-order valence-electron chi connectivity index (χ0n) is 20.2. The number of fused-ring (bicyclic) bond motifs is 1. The summed E-state index contributed by atoms with van der Waals surface area (Å²) in [7, 11) is 0. The standard InChI is InChI=1S/C27H29N3O5/c1-4-19-11-12-21(28-13-19)23-24-26(34-15-18(3)14-32-16-22(31)33-5-2)29-17-30-27(24)35-25(23)20-9-7-6-8-10-20/h6-13,17-18H,4-5,14-16H2,1-3H3/t18-/m1/s1. The summed E-state index contributed by atoms with van der Waals surface area (Å²) < 4.78 is 22.6. The van der Waals surface area contributed by atoms with E-state index in [0.29, 0.717) is 42.6 Å². The van der Waals surface area contributed by atoms with E-state index in [9.17, 15) is 4.79 Å². The molecule has 0 saturated heterocycles. The second kappa shape index (κ2) is 11.6. The molecule has 182 valence electrons. The lowest BCUT2D eigenvalue weighted by molar-refractivity contribution is -0.148. The second-order valence-corrected chi connectivity index (χ2v) is 8.17. The van der Waals surface area contributed by atoms with E-state index < -0.39 is 0 Å². The zero-order chi connectivity index (χ0) is 24.6. The third kappa shape index (κ3) is 5.84. The lowest BCUT2D eigenvalue weighted by Crippen LogP contribution is -2.19. The molecule has 1 atom stereocenters. The number of esters is 1. The van der Waals surface area contributed by atoms with Gasteiger partial charge in [-0.05, 0) is 25.0 Å². The molecule has 0 aliphatic rings. The summed E-state index contributed by atoms with van der Waals surface area (Å²) in [6.07, 6.45) is 4.20. The van der Waals surface area contributed by atoms with Crippen LogP contribution in [0.1, 0.15) is 26.3 Å². The van der Waals surface area contributed by atoms with Crippen molar-refractivity contribution in [2.45, 2.75) is 27.2 Å². The minimum absolute atomic E-state index is 0.0142. The Bertz CT molecular complexity index is 1260. The van der Waals surface area contributed by atoms with Crippen molar-refractivity contribution < 1.29 is 23.4 Å². The van der Waals surface area contributed by atoms with E-state index in [1.165, 1.54) is 6.33 Å². The van der Waals surface area contributed by atoms with Crippen molar-refractivity contribution in [3.63, 3.8) is 0 Å². The number of aryl methyl sites for hydroxylation is 1. The highest BCUT2D eigenvalue weighted by atomic mass is 16.6. The van der Waals surface area contributed by atoms with Crippen molar-refractivity contribution in [1.29, 1.82) is 0 Å². The molecule has 35 heavy (non-hydrogen) atoms. The van der Waals surface area contributed by atoms with Crippen molar-refractivity contribution in [1.82, 2.24) is 15.0 Å². The molecule has 0 fully saturated rings. The number of furan rings is 1. The number of ether oxygens (including phenoxy) is 3.